The third-order valence-corrected chi connectivity index (χ3v) is 10.7. The van der Waals surface area contributed by atoms with E-state index >= 15 is 0 Å². The highest BCUT2D eigenvalue weighted by molar-refractivity contribution is 6.30. The molecular weight excluding hydrogens is 480 g/mol. The smallest absolute Gasteiger partial charge is 0.321 e. The number of carbonyl (C=O) groups excluding carboxylic acids is 5. The van der Waals surface area contributed by atoms with E-state index in [4.69, 9.17) is 14.2 Å². The van der Waals surface area contributed by atoms with Crippen molar-refractivity contribution in [2.45, 2.75) is 78.6 Å². The predicted molar refractivity (Wildman–Crippen MR) is 128 cm³/mol. The lowest BCUT2D eigenvalue weighted by Crippen LogP contribution is -2.69. The van der Waals surface area contributed by atoms with E-state index < -0.39 is 80.3 Å². The zero-order valence-electron chi connectivity index (χ0n) is 22.4. The van der Waals surface area contributed by atoms with Crippen LogP contribution in [0.3, 0.4) is 0 Å². The number of Topliss-reactive ketones (excluding diaryl/α,β-unsaturated/α-hetero) is 2. The van der Waals surface area contributed by atoms with E-state index in [9.17, 15) is 29.1 Å². The van der Waals surface area contributed by atoms with Crippen LogP contribution >= 0.6 is 0 Å². The second-order valence-corrected chi connectivity index (χ2v) is 12.6. The fourth-order valence-electron chi connectivity index (χ4n) is 9.22. The third-order valence-electron chi connectivity index (χ3n) is 10.7. The van der Waals surface area contributed by atoms with Crippen molar-refractivity contribution in [1.29, 1.82) is 0 Å². The van der Waals surface area contributed by atoms with Crippen molar-refractivity contribution in [3.8, 4) is 0 Å². The zero-order chi connectivity index (χ0) is 27.7. The number of aliphatic hydroxyl groups is 1. The first-order valence-electron chi connectivity index (χ1n) is 12.6. The summed E-state index contributed by atoms with van der Waals surface area (Å²) in [5, 5.41) is 11.2. The normalized spacial score (nSPS) is 47.4. The van der Waals surface area contributed by atoms with Gasteiger partial charge in [-0.15, -0.1) is 0 Å². The summed E-state index contributed by atoms with van der Waals surface area (Å²) in [4.78, 5) is 67.4. The molecule has 1 unspecified atom stereocenters. The first kappa shape index (κ1) is 25.8. The van der Waals surface area contributed by atoms with Gasteiger partial charge in [0.1, 0.15) is 12.2 Å². The van der Waals surface area contributed by atoms with Crippen LogP contribution in [0.25, 0.3) is 0 Å². The Hall–Kier alpha value is -2.81. The number of esters is 3. The molecular formula is C28H34O9. The van der Waals surface area contributed by atoms with Gasteiger partial charge in [-0.25, -0.2) is 0 Å². The quantitative estimate of drug-likeness (QED) is 0.335. The van der Waals surface area contributed by atoms with E-state index in [1.807, 2.05) is 13.8 Å². The summed E-state index contributed by atoms with van der Waals surface area (Å²) >= 11 is 0. The molecule has 1 aliphatic heterocycles. The van der Waals surface area contributed by atoms with Gasteiger partial charge in [0, 0.05) is 23.7 Å². The number of hydrogen-bond acceptors (Lipinski definition) is 9. The second kappa shape index (κ2) is 6.98. The highest BCUT2D eigenvalue weighted by Crippen LogP contribution is 2.78. The average Bonchev–Trinajstić information content (AvgIpc) is 3.11. The topological polar surface area (TPSA) is 133 Å². The standard InChI is InChI=1S/C28H34O9/c1-13-11-16-24(5,28(22(33)35-8)20(31)26(7,34)19(30)25(13,28)6)12-15-18-23(3,4)17(36-14(2)29)9-10-27(16,18)21(32)37-15/h11,15,17-18,34H,1,9-10,12H2,2-8H3/t15?,17-,18+,24-,25-,26+,27+,28+/m1/s1. The molecule has 5 rings (SSSR count). The minimum Gasteiger partial charge on any atom is -0.468 e. The summed E-state index contributed by atoms with van der Waals surface area (Å²) in [7, 11) is 1.14. The second-order valence-electron chi connectivity index (χ2n) is 12.6. The van der Waals surface area contributed by atoms with E-state index in [-0.39, 0.29) is 18.4 Å². The molecule has 9 nitrogen and oxygen atoms in total. The lowest BCUT2D eigenvalue weighted by atomic mass is 9.35. The SMILES string of the molecule is C=C1C=C2[C@@]34CC[C@@H](OC(C)=O)C(C)(C)[C@@H]3C(C[C@@]2(C)[C@@]2(C(=O)OC)C(=O)[C@@](C)(O)C(=O)[C@@]12C)OC4=O. The predicted octanol–water partition coefficient (Wildman–Crippen LogP) is 2.24. The van der Waals surface area contributed by atoms with E-state index in [0.29, 0.717) is 12.0 Å². The molecule has 1 N–H and O–H groups in total. The molecule has 3 saturated carbocycles. The van der Waals surface area contributed by atoms with Gasteiger partial charge in [0.05, 0.1) is 17.9 Å². The van der Waals surface area contributed by atoms with E-state index in [1.54, 1.807) is 13.0 Å². The summed E-state index contributed by atoms with van der Waals surface area (Å²) in [6.45, 7) is 13.6. The van der Waals surface area contributed by atoms with Crippen molar-refractivity contribution in [3.05, 3.63) is 23.8 Å². The molecule has 8 atom stereocenters. The van der Waals surface area contributed by atoms with Crippen LogP contribution in [0.5, 0.6) is 0 Å². The molecule has 1 saturated heterocycles. The largest absolute Gasteiger partial charge is 0.468 e. The molecule has 0 radical (unpaired) electrons. The number of hydrogen-bond donors (Lipinski definition) is 1. The lowest BCUT2D eigenvalue weighted by molar-refractivity contribution is -0.189. The number of rotatable bonds is 2. The first-order valence-corrected chi connectivity index (χ1v) is 12.6. The number of carbonyl (C=O) groups is 5. The number of ketones is 2. The van der Waals surface area contributed by atoms with Crippen molar-refractivity contribution in [2.24, 2.45) is 33.0 Å². The Morgan fingerprint density at radius 1 is 1.11 bits per heavy atom. The number of fused-ring (bicyclic) bond motifs is 3. The van der Waals surface area contributed by atoms with Gasteiger partial charge in [-0.1, -0.05) is 33.4 Å². The Balaban J connectivity index is 1.82. The van der Waals surface area contributed by atoms with Gasteiger partial charge in [-0.3, -0.25) is 24.0 Å². The maximum atomic E-state index is 14.2. The molecule has 0 aromatic heterocycles. The molecule has 0 spiro atoms. The van der Waals surface area contributed by atoms with E-state index in [2.05, 4.69) is 6.58 Å². The maximum Gasteiger partial charge on any atom is 0.321 e. The number of allylic oxidation sites excluding steroid dienone is 2. The highest BCUT2D eigenvalue weighted by atomic mass is 16.6. The van der Waals surface area contributed by atoms with Gasteiger partial charge < -0.3 is 19.3 Å². The van der Waals surface area contributed by atoms with Crippen molar-refractivity contribution < 1.29 is 43.3 Å². The minimum absolute atomic E-state index is 0.0419. The van der Waals surface area contributed by atoms with Crippen LogP contribution in [-0.2, 0) is 38.2 Å². The van der Waals surface area contributed by atoms with Crippen LogP contribution in [0.1, 0.15) is 60.8 Å². The van der Waals surface area contributed by atoms with Gasteiger partial charge in [-0.05, 0) is 44.3 Å². The average molecular weight is 515 g/mol. The van der Waals surface area contributed by atoms with Crippen LogP contribution in [0.15, 0.2) is 23.8 Å². The van der Waals surface area contributed by atoms with Crippen molar-refractivity contribution in [1.82, 2.24) is 0 Å². The first-order chi connectivity index (χ1) is 16.9. The van der Waals surface area contributed by atoms with Crippen molar-refractivity contribution in [2.75, 3.05) is 7.11 Å². The summed E-state index contributed by atoms with van der Waals surface area (Å²) in [5.41, 5.74) is -9.08. The molecule has 9 heteroatoms. The molecule has 1 heterocycles. The van der Waals surface area contributed by atoms with Crippen LogP contribution in [-0.4, -0.2) is 59.5 Å². The monoisotopic (exact) mass is 514 g/mol. The molecule has 5 aliphatic rings. The number of ether oxygens (including phenoxy) is 3. The Labute approximate surface area is 215 Å². The fourth-order valence-corrected chi connectivity index (χ4v) is 9.22. The van der Waals surface area contributed by atoms with E-state index in [1.165, 1.54) is 13.8 Å². The summed E-state index contributed by atoms with van der Waals surface area (Å²) < 4.78 is 16.9. The van der Waals surface area contributed by atoms with Gasteiger partial charge in [0.25, 0.3) is 0 Å². The Morgan fingerprint density at radius 2 is 1.73 bits per heavy atom. The fraction of sp³-hybridized carbons (Fsp3) is 0.679. The third kappa shape index (κ3) is 2.39. The molecule has 200 valence electrons. The van der Waals surface area contributed by atoms with Crippen LogP contribution in [0.4, 0.5) is 0 Å². The van der Waals surface area contributed by atoms with Crippen molar-refractivity contribution in [3.63, 3.8) is 0 Å². The molecule has 4 aliphatic carbocycles. The summed E-state index contributed by atoms with van der Waals surface area (Å²) in [6, 6.07) is 0. The van der Waals surface area contributed by atoms with Crippen molar-refractivity contribution >= 4 is 29.5 Å². The maximum absolute atomic E-state index is 14.2. The zero-order valence-corrected chi connectivity index (χ0v) is 22.4. The molecule has 4 fully saturated rings. The van der Waals surface area contributed by atoms with Crippen LogP contribution in [0, 0.1) is 33.0 Å². The van der Waals surface area contributed by atoms with Gasteiger partial charge in [0.2, 0.25) is 0 Å². The Morgan fingerprint density at radius 3 is 2.30 bits per heavy atom. The molecule has 37 heavy (non-hydrogen) atoms. The summed E-state index contributed by atoms with van der Waals surface area (Å²) in [5.74, 6) is -4.04. The van der Waals surface area contributed by atoms with Gasteiger partial charge >= 0.3 is 17.9 Å². The summed E-state index contributed by atoms with van der Waals surface area (Å²) in [6.07, 6.45) is 1.14. The number of methoxy groups -OCH3 is 1. The Bertz CT molecular complexity index is 1240. The molecule has 0 aromatic rings. The van der Waals surface area contributed by atoms with Crippen LogP contribution in [0.2, 0.25) is 0 Å². The van der Waals surface area contributed by atoms with E-state index in [0.717, 1.165) is 14.0 Å². The van der Waals surface area contributed by atoms with Gasteiger partial charge in [-0.2, -0.15) is 0 Å². The minimum atomic E-state index is -2.46. The molecule has 0 amide bonds. The Kier molecular flexibility index (Phi) is 4.87. The highest BCUT2D eigenvalue weighted by Gasteiger charge is 2.87. The molecule has 0 aromatic carbocycles. The van der Waals surface area contributed by atoms with Crippen LogP contribution < -0.4 is 0 Å². The van der Waals surface area contributed by atoms with Gasteiger partial charge in [0.15, 0.2) is 22.6 Å². The lowest BCUT2D eigenvalue weighted by Gasteiger charge is -2.63. The molecule has 2 bridgehead atoms.